The quantitative estimate of drug-likeness (QED) is 0.399. The van der Waals surface area contributed by atoms with Crippen LogP contribution in [0.5, 0.6) is 0 Å². The molecule has 2 nitrogen and oxygen atoms in total. The van der Waals surface area contributed by atoms with Crippen molar-refractivity contribution in [1.82, 2.24) is 0 Å². The lowest BCUT2D eigenvalue weighted by molar-refractivity contribution is 0.207. The van der Waals surface area contributed by atoms with Crippen molar-refractivity contribution in [2.45, 2.75) is 44.5 Å². The molecule has 0 amide bonds. The third kappa shape index (κ3) is 5.00. The molecule has 1 aliphatic rings. The molecular weight excluding hydrogens is 240 g/mol. The minimum absolute atomic E-state index is 0.108. The van der Waals surface area contributed by atoms with Crippen molar-refractivity contribution in [3.63, 3.8) is 0 Å². The van der Waals surface area contributed by atoms with E-state index in [4.69, 9.17) is 20.5 Å². The van der Waals surface area contributed by atoms with E-state index in [9.17, 15) is 0 Å². The average Bonchev–Trinajstić information content (AvgIpc) is 2.30. The molecular formula is C12H23ClO2Si. The summed E-state index contributed by atoms with van der Waals surface area (Å²) in [4.78, 5) is 0. The highest BCUT2D eigenvalue weighted by Crippen LogP contribution is 2.26. The lowest BCUT2D eigenvalue weighted by Gasteiger charge is -2.24. The van der Waals surface area contributed by atoms with Crippen molar-refractivity contribution < 1.29 is 8.85 Å². The molecule has 0 heterocycles. The van der Waals surface area contributed by atoms with Gasteiger partial charge in [-0.05, 0) is 45.4 Å². The molecule has 0 N–H and O–H groups in total. The first-order valence-corrected chi connectivity index (χ1v) is 8.34. The minimum atomic E-state index is -1.66. The van der Waals surface area contributed by atoms with Crippen LogP contribution in [-0.2, 0) is 8.85 Å². The van der Waals surface area contributed by atoms with Crippen LogP contribution in [0.1, 0.15) is 39.5 Å². The maximum Gasteiger partial charge on any atom is 0.339 e. The molecule has 0 aromatic rings. The van der Waals surface area contributed by atoms with Crippen LogP contribution in [0.25, 0.3) is 0 Å². The van der Waals surface area contributed by atoms with Gasteiger partial charge in [-0.2, -0.15) is 0 Å². The van der Waals surface area contributed by atoms with Gasteiger partial charge in [-0.3, -0.25) is 0 Å². The van der Waals surface area contributed by atoms with E-state index < -0.39 is 9.28 Å². The zero-order chi connectivity index (χ0) is 11.8. The first-order chi connectivity index (χ1) is 7.77. The van der Waals surface area contributed by atoms with Gasteiger partial charge in [0.1, 0.15) is 0 Å². The summed E-state index contributed by atoms with van der Waals surface area (Å²) in [7, 11) is -1.66. The van der Waals surface area contributed by atoms with E-state index in [0.717, 1.165) is 12.3 Å². The van der Waals surface area contributed by atoms with Gasteiger partial charge < -0.3 is 8.85 Å². The summed E-state index contributed by atoms with van der Waals surface area (Å²) in [6, 6.07) is 0. The zero-order valence-electron chi connectivity index (χ0n) is 10.3. The molecule has 0 radical (unpaired) electrons. The van der Waals surface area contributed by atoms with Crippen LogP contribution < -0.4 is 0 Å². The second kappa shape index (κ2) is 8.29. The topological polar surface area (TPSA) is 18.5 Å². The lowest BCUT2D eigenvalue weighted by atomic mass is 9.92. The van der Waals surface area contributed by atoms with Gasteiger partial charge in [0.05, 0.1) is 5.00 Å². The van der Waals surface area contributed by atoms with E-state index in [0.29, 0.717) is 13.2 Å². The fourth-order valence-electron chi connectivity index (χ4n) is 2.09. The Morgan fingerprint density at radius 2 is 2.00 bits per heavy atom. The van der Waals surface area contributed by atoms with Crippen LogP contribution in [-0.4, -0.2) is 27.5 Å². The van der Waals surface area contributed by atoms with Crippen LogP contribution in [0.3, 0.4) is 0 Å². The lowest BCUT2D eigenvalue weighted by Crippen LogP contribution is -2.35. The third-order valence-corrected chi connectivity index (χ3v) is 5.88. The van der Waals surface area contributed by atoms with E-state index >= 15 is 0 Å². The first-order valence-electron chi connectivity index (χ1n) is 6.30. The number of hydrogen-bond donors (Lipinski definition) is 0. The number of rotatable bonds is 7. The largest absolute Gasteiger partial charge is 0.396 e. The van der Waals surface area contributed by atoms with Crippen LogP contribution in [0.15, 0.2) is 12.2 Å². The van der Waals surface area contributed by atoms with E-state index in [-0.39, 0.29) is 5.00 Å². The highest BCUT2D eigenvalue weighted by atomic mass is 35.5. The Kier molecular flexibility index (Phi) is 7.37. The molecule has 0 aliphatic heterocycles. The molecule has 1 rings (SSSR count). The number of hydrogen-bond acceptors (Lipinski definition) is 2. The molecule has 4 heteroatoms. The van der Waals surface area contributed by atoms with Gasteiger partial charge in [-0.15, -0.1) is 11.6 Å². The Balaban J connectivity index is 2.34. The number of allylic oxidation sites excluding steroid dienone is 2. The Morgan fingerprint density at radius 1 is 1.31 bits per heavy atom. The van der Waals surface area contributed by atoms with Crippen LogP contribution >= 0.6 is 11.6 Å². The maximum absolute atomic E-state index is 6.43. The van der Waals surface area contributed by atoms with Crippen molar-refractivity contribution in [1.29, 1.82) is 0 Å². The number of halogens is 1. The highest BCUT2D eigenvalue weighted by Gasteiger charge is 2.26. The van der Waals surface area contributed by atoms with Crippen LogP contribution in [0, 0.1) is 5.92 Å². The van der Waals surface area contributed by atoms with Crippen molar-refractivity contribution in [3.8, 4) is 0 Å². The van der Waals surface area contributed by atoms with Crippen molar-refractivity contribution in [2.24, 2.45) is 5.92 Å². The molecule has 0 saturated carbocycles. The predicted octanol–water partition coefficient (Wildman–Crippen LogP) is 3.17. The van der Waals surface area contributed by atoms with Crippen molar-refractivity contribution >= 4 is 20.9 Å². The Morgan fingerprint density at radius 3 is 2.50 bits per heavy atom. The molecule has 1 aliphatic carbocycles. The van der Waals surface area contributed by atoms with Crippen molar-refractivity contribution in [3.05, 3.63) is 12.2 Å². The maximum atomic E-state index is 6.43. The highest BCUT2D eigenvalue weighted by molar-refractivity contribution is 6.59. The molecule has 16 heavy (non-hydrogen) atoms. The molecule has 0 spiro atoms. The van der Waals surface area contributed by atoms with Gasteiger partial charge >= 0.3 is 9.28 Å². The Bertz CT molecular complexity index is 205. The molecule has 2 unspecified atom stereocenters. The molecule has 0 aromatic carbocycles. The normalized spacial score (nSPS) is 22.6. The average molecular weight is 263 g/mol. The van der Waals surface area contributed by atoms with Gasteiger partial charge in [0.15, 0.2) is 0 Å². The van der Waals surface area contributed by atoms with E-state index in [2.05, 4.69) is 12.2 Å². The second-order valence-electron chi connectivity index (χ2n) is 4.18. The molecule has 2 atom stereocenters. The molecule has 0 bridgehead atoms. The van der Waals surface area contributed by atoms with Gasteiger partial charge in [0.25, 0.3) is 0 Å². The monoisotopic (exact) mass is 262 g/mol. The fourth-order valence-corrected chi connectivity index (χ4v) is 4.55. The minimum Gasteiger partial charge on any atom is -0.396 e. The summed E-state index contributed by atoms with van der Waals surface area (Å²) in [6.45, 7) is 5.44. The van der Waals surface area contributed by atoms with Gasteiger partial charge in [-0.1, -0.05) is 12.2 Å². The third-order valence-electron chi connectivity index (χ3n) is 2.89. The summed E-state index contributed by atoms with van der Waals surface area (Å²) >= 11 is 6.43. The SMILES string of the molecule is CCO[SiH](OCC)C(Cl)CC1CC=CCC1. The van der Waals surface area contributed by atoms with Gasteiger partial charge in [0.2, 0.25) is 0 Å². The van der Waals surface area contributed by atoms with Gasteiger partial charge in [-0.25, -0.2) is 0 Å². The predicted molar refractivity (Wildman–Crippen MR) is 71.1 cm³/mol. The number of alkyl halides is 1. The summed E-state index contributed by atoms with van der Waals surface area (Å²) in [5, 5.41) is 0.108. The molecule has 0 fully saturated rings. The van der Waals surface area contributed by atoms with E-state index in [1.807, 2.05) is 13.8 Å². The zero-order valence-corrected chi connectivity index (χ0v) is 12.2. The smallest absolute Gasteiger partial charge is 0.339 e. The van der Waals surface area contributed by atoms with Crippen molar-refractivity contribution in [2.75, 3.05) is 13.2 Å². The Labute approximate surface area is 106 Å². The standard InChI is InChI=1S/C12H23ClO2Si/c1-3-14-16(15-4-2)12(13)10-11-8-6-5-7-9-11/h5-6,11-12,16H,3-4,7-10H2,1-2H3. The first kappa shape index (κ1) is 14.2. The summed E-state index contributed by atoms with van der Waals surface area (Å²) < 4.78 is 11.3. The van der Waals surface area contributed by atoms with E-state index in [1.54, 1.807) is 0 Å². The van der Waals surface area contributed by atoms with Crippen LogP contribution in [0.4, 0.5) is 0 Å². The van der Waals surface area contributed by atoms with Gasteiger partial charge in [0, 0.05) is 13.2 Å². The summed E-state index contributed by atoms with van der Waals surface area (Å²) in [5.74, 6) is 0.725. The summed E-state index contributed by atoms with van der Waals surface area (Å²) in [6.07, 6.45) is 9.21. The van der Waals surface area contributed by atoms with E-state index in [1.165, 1.54) is 19.3 Å². The summed E-state index contributed by atoms with van der Waals surface area (Å²) in [5.41, 5.74) is 0. The fraction of sp³-hybridized carbons (Fsp3) is 0.833. The molecule has 0 aromatic heterocycles. The van der Waals surface area contributed by atoms with Crippen LogP contribution in [0.2, 0.25) is 0 Å². The Hall–Kier alpha value is 0.167. The second-order valence-corrected chi connectivity index (χ2v) is 7.37. The molecule has 0 saturated heterocycles. The molecule has 94 valence electrons.